The van der Waals surface area contributed by atoms with Crippen LogP contribution in [-0.4, -0.2) is 90.0 Å². The summed E-state index contributed by atoms with van der Waals surface area (Å²) >= 11 is 0. The van der Waals surface area contributed by atoms with E-state index < -0.39 is 10.0 Å². The van der Waals surface area contributed by atoms with Crippen LogP contribution in [0.4, 0.5) is 0 Å². The molecule has 1 fully saturated rings. The largest absolute Gasteiger partial charge is 0.378 e. The second-order valence-electron chi connectivity index (χ2n) is 6.38. The maximum absolute atomic E-state index is 12.4. The SMILES string of the molecule is CN=C(NCc1nncn1C)N1CCN(S(=O)(=O)CCOC(C)C)CC1.I. The molecule has 0 radical (unpaired) electrons. The molecule has 2 rings (SSSR count). The molecule has 1 aromatic rings. The first-order valence-corrected chi connectivity index (χ1v) is 10.3. The Morgan fingerprint density at radius 3 is 2.52 bits per heavy atom. The van der Waals surface area contributed by atoms with E-state index in [0.717, 1.165) is 11.8 Å². The van der Waals surface area contributed by atoms with E-state index in [9.17, 15) is 8.42 Å². The van der Waals surface area contributed by atoms with Gasteiger partial charge in [-0.15, -0.1) is 34.2 Å². The second kappa shape index (κ2) is 11.1. The minimum absolute atomic E-state index is 0. The Hall–Kier alpha value is -0.990. The van der Waals surface area contributed by atoms with E-state index in [-0.39, 0.29) is 42.4 Å². The maximum Gasteiger partial charge on any atom is 0.216 e. The molecule has 0 amide bonds. The van der Waals surface area contributed by atoms with Gasteiger partial charge in [0.1, 0.15) is 6.33 Å². The predicted molar refractivity (Wildman–Crippen MR) is 115 cm³/mol. The molecule has 0 saturated carbocycles. The Labute approximate surface area is 178 Å². The first-order valence-electron chi connectivity index (χ1n) is 8.71. The molecule has 1 saturated heterocycles. The second-order valence-corrected chi connectivity index (χ2v) is 8.47. The average Bonchev–Trinajstić information content (AvgIpc) is 3.00. The molecule has 10 nitrogen and oxygen atoms in total. The van der Waals surface area contributed by atoms with Gasteiger partial charge in [0.15, 0.2) is 11.8 Å². The summed E-state index contributed by atoms with van der Waals surface area (Å²) in [5.74, 6) is 1.55. The normalized spacial score (nSPS) is 16.5. The summed E-state index contributed by atoms with van der Waals surface area (Å²) in [5, 5.41) is 11.1. The monoisotopic (exact) mass is 515 g/mol. The third-order valence-electron chi connectivity index (χ3n) is 4.15. The van der Waals surface area contributed by atoms with Crippen LogP contribution in [0.5, 0.6) is 0 Å². The number of sulfonamides is 1. The highest BCUT2D eigenvalue weighted by Crippen LogP contribution is 2.09. The number of aromatic nitrogens is 3. The van der Waals surface area contributed by atoms with Crippen molar-refractivity contribution in [1.29, 1.82) is 0 Å². The average molecular weight is 515 g/mol. The molecular weight excluding hydrogens is 485 g/mol. The molecule has 0 unspecified atom stereocenters. The summed E-state index contributed by atoms with van der Waals surface area (Å²) in [7, 11) is 0.307. The number of nitrogens with one attached hydrogen (secondary N) is 1. The smallest absolute Gasteiger partial charge is 0.216 e. The van der Waals surface area contributed by atoms with Crippen molar-refractivity contribution in [3.8, 4) is 0 Å². The fourth-order valence-electron chi connectivity index (χ4n) is 2.65. The van der Waals surface area contributed by atoms with E-state index in [1.807, 2.05) is 30.4 Å². The van der Waals surface area contributed by atoms with Crippen LogP contribution < -0.4 is 5.32 Å². The van der Waals surface area contributed by atoms with Gasteiger partial charge in [0, 0.05) is 40.3 Å². The van der Waals surface area contributed by atoms with Gasteiger partial charge in [0.2, 0.25) is 10.0 Å². The lowest BCUT2D eigenvalue weighted by atomic mass is 10.4. The van der Waals surface area contributed by atoms with Gasteiger partial charge in [0.25, 0.3) is 0 Å². The van der Waals surface area contributed by atoms with Crippen LogP contribution in [0.1, 0.15) is 19.7 Å². The molecule has 156 valence electrons. The van der Waals surface area contributed by atoms with Crippen molar-refractivity contribution in [1.82, 2.24) is 29.3 Å². The van der Waals surface area contributed by atoms with Crippen LogP contribution in [0, 0.1) is 0 Å². The number of hydrogen-bond donors (Lipinski definition) is 1. The first kappa shape index (κ1) is 24.0. The summed E-state index contributed by atoms with van der Waals surface area (Å²) < 4.78 is 33.5. The molecule has 0 atom stereocenters. The van der Waals surface area contributed by atoms with E-state index in [2.05, 4.69) is 20.5 Å². The standard InChI is InChI=1S/C15H29N7O3S.HI/c1-13(2)25-9-10-26(23,24)22-7-5-21(6-8-22)15(16-3)17-11-14-19-18-12-20(14)4;/h12-13H,5-11H2,1-4H3,(H,16,17);1H. The van der Waals surface area contributed by atoms with Crippen molar-refractivity contribution in [2.24, 2.45) is 12.0 Å². The van der Waals surface area contributed by atoms with Gasteiger partial charge in [-0.3, -0.25) is 4.99 Å². The minimum atomic E-state index is -3.29. The van der Waals surface area contributed by atoms with Crippen LogP contribution in [0.2, 0.25) is 0 Å². The van der Waals surface area contributed by atoms with Gasteiger partial charge >= 0.3 is 0 Å². The fraction of sp³-hybridized carbons (Fsp3) is 0.800. The number of piperazine rings is 1. The lowest BCUT2D eigenvalue weighted by molar-refractivity contribution is 0.0904. The van der Waals surface area contributed by atoms with Gasteiger partial charge in [-0.25, -0.2) is 8.42 Å². The predicted octanol–water partition coefficient (Wildman–Crippen LogP) is -0.119. The van der Waals surface area contributed by atoms with Gasteiger partial charge in [0.05, 0.1) is 25.0 Å². The summed E-state index contributed by atoms with van der Waals surface area (Å²) in [6.07, 6.45) is 1.68. The van der Waals surface area contributed by atoms with Crippen molar-refractivity contribution in [3.05, 3.63) is 12.2 Å². The van der Waals surface area contributed by atoms with Crippen LogP contribution in [0.25, 0.3) is 0 Å². The number of aliphatic imine (C=N–C) groups is 1. The number of halogens is 1. The molecule has 0 aromatic carbocycles. The summed E-state index contributed by atoms with van der Waals surface area (Å²) in [6, 6.07) is 0. The highest BCUT2D eigenvalue weighted by molar-refractivity contribution is 14.0. The Balaban J connectivity index is 0.00000364. The zero-order chi connectivity index (χ0) is 19.2. The van der Waals surface area contributed by atoms with E-state index in [0.29, 0.717) is 32.7 Å². The molecule has 1 N–H and O–H groups in total. The first-order chi connectivity index (χ1) is 12.3. The van der Waals surface area contributed by atoms with Crippen LogP contribution in [0.3, 0.4) is 0 Å². The Kier molecular flexibility index (Phi) is 9.90. The number of aryl methyl sites for hydroxylation is 1. The molecule has 12 heteroatoms. The summed E-state index contributed by atoms with van der Waals surface area (Å²) in [4.78, 5) is 6.33. The summed E-state index contributed by atoms with van der Waals surface area (Å²) in [5.41, 5.74) is 0. The molecule has 2 heterocycles. The number of nitrogens with zero attached hydrogens (tertiary/aromatic N) is 6. The maximum atomic E-state index is 12.4. The molecule has 0 bridgehead atoms. The fourth-order valence-corrected chi connectivity index (χ4v) is 3.94. The Bertz CT molecular complexity index is 700. The van der Waals surface area contributed by atoms with Gasteiger partial charge < -0.3 is 19.5 Å². The summed E-state index contributed by atoms with van der Waals surface area (Å²) in [6.45, 7) is 6.57. The van der Waals surface area contributed by atoms with Crippen molar-refractivity contribution < 1.29 is 13.2 Å². The third kappa shape index (κ3) is 7.16. The zero-order valence-corrected chi connectivity index (χ0v) is 19.5. The number of guanidine groups is 1. The number of ether oxygens (including phenoxy) is 1. The van der Waals surface area contributed by atoms with E-state index >= 15 is 0 Å². The zero-order valence-electron chi connectivity index (χ0n) is 16.3. The van der Waals surface area contributed by atoms with Crippen LogP contribution >= 0.6 is 24.0 Å². The Morgan fingerprint density at radius 1 is 1.33 bits per heavy atom. The molecule has 1 aliphatic heterocycles. The van der Waals surface area contributed by atoms with Crippen LogP contribution in [0.15, 0.2) is 11.3 Å². The van der Waals surface area contributed by atoms with E-state index in [1.54, 1.807) is 13.4 Å². The van der Waals surface area contributed by atoms with Gasteiger partial charge in [-0.05, 0) is 13.8 Å². The third-order valence-corrected chi connectivity index (χ3v) is 5.98. The highest BCUT2D eigenvalue weighted by atomic mass is 127. The van der Waals surface area contributed by atoms with Crippen molar-refractivity contribution in [2.75, 3.05) is 45.6 Å². The van der Waals surface area contributed by atoms with Crippen molar-refractivity contribution in [3.63, 3.8) is 0 Å². The van der Waals surface area contributed by atoms with E-state index in [1.165, 1.54) is 4.31 Å². The quantitative estimate of drug-likeness (QED) is 0.307. The van der Waals surface area contributed by atoms with Crippen molar-refractivity contribution >= 4 is 40.0 Å². The molecule has 27 heavy (non-hydrogen) atoms. The van der Waals surface area contributed by atoms with Crippen LogP contribution in [-0.2, 0) is 28.4 Å². The molecule has 0 aliphatic carbocycles. The molecule has 1 aliphatic rings. The number of rotatable bonds is 7. The molecular formula is C15H30IN7O3S. The highest BCUT2D eigenvalue weighted by Gasteiger charge is 2.28. The van der Waals surface area contributed by atoms with Crippen molar-refractivity contribution in [2.45, 2.75) is 26.5 Å². The topological polar surface area (TPSA) is 105 Å². The lowest BCUT2D eigenvalue weighted by Gasteiger charge is -2.35. The van der Waals surface area contributed by atoms with Gasteiger partial charge in [-0.1, -0.05) is 0 Å². The number of hydrogen-bond acceptors (Lipinski definition) is 6. The lowest BCUT2D eigenvalue weighted by Crippen LogP contribution is -2.54. The molecule has 0 spiro atoms. The molecule has 1 aromatic heterocycles. The van der Waals surface area contributed by atoms with E-state index in [4.69, 9.17) is 4.74 Å². The van der Waals surface area contributed by atoms with Gasteiger partial charge in [-0.2, -0.15) is 4.31 Å². The minimum Gasteiger partial charge on any atom is -0.378 e. The Morgan fingerprint density at radius 2 is 2.00 bits per heavy atom.